The maximum atomic E-state index is 2.12. The quantitative estimate of drug-likeness (QED) is 0.530. The molecule has 0 aliphatic heterocycles. The maximum absolute atomic E-state index is 2.12. The van der Waals surface area contributed by atoms with Crippen LogP contribution in [0.25, 0.3) is 0 Å². The molecule has 0 saturated heterocycles. The Labute approximate surface area is 72.4 Å². The molecule has 3 nitrogen and oxygen atoms in total. The second kappa shape index (κ2) is 5.52. The molecule has 0 aromatic carbocycles. The Balaban J connectivity index is -0.000000107. The van der Waals surface area contributed by atoms with Crippen LogP contribution in [0.3, 0.4) is 0 Å². The SMILES string of the molecule is C[N+](C)(C)C.C[N+](C)(C)C.N. The summed E-state index contributed by atoms with van der Waals surface area (Å²) in [4.78, 5) is 0. The van der Waals surface area contributed by atoms with Gasteiger partial charge in [0.1, 0.15) is 0 Å². The Morgan fingerprint density at radius 3 is 0.455 bits per heavy atom. The fraction of sp³-hybridized carbons (Fsp3) is 1.00. The summed E-state index contributed by atoms with van der Waals surface area (Å²) >= 11 is 0. The predicted octanol–water partition coefficient (Wildman–Crippen LogP) is 0.807. The van der Waals surface area contributed by atoms with Gasteiger partial charge in [-0.1, -0.05) is 0 Å². The summed E-state index contributed by atoms with van der Waals surface area (Å²) in [6.07, 6.45) is 0. The van der Waals surface area contributed by atoms with Crippen molar-refractivity contribution in [3.63, 3.8) is 0 Å². The first kappa shape index (κ1) is 17.1. The lowest BCUT2D eigenvalue weighted by atomic mass is 10.8. The molecule has 0 amide bonds. The summed E-state index contributed by atoms with van der Waals surface area (Å²) in [7, 11) is 17.0. The Morgan fingerprint density at radius 1 is 0.455 bits per heavy atom. The first-order valence-electron chi connectivity index (χ1n) is 3.58. The van der Waals surface area contributed by atoms with Crippen molar-refractivity contribution < 1.29 is 8.97 Å². The molecule has 3 N–H and O–H groups in total. The van der Waals surface area contributed by atoms with Crippen LogP contribution >= 0.6 is 0 Å². The fourth-order valence-electron chi connectivity index (χ4n) is 0. The van der Waals surface area contributed by atoms with Crippen molar-refractivity contribution in [3.8, 4) is 0 Å². The number of nitrogens with zero attached hydrogens (tertiary/aromatic N) is 2. The largest absolute Gasteiger partial charge is 0.344 e. The van der Waals surface area contributed by atoms with E-state index in [-0.39, 0.29) is 6.15 Å². The zero-order valence-electron chi connectivity index (χ0n) is 9.60. The molecule has 11 heavy (non-hydrogen) atoms. The molecule has 0 aliphatic carbocycles. The van der Waals surface area contributed by atoms with E-state index in [1.165, 1.54) is 0 Å². The highest BCUT2D eigenvalue weighted by Crippen LogP contribution is 1.74. The third-order valence-corrected chi connectivity index (χ3v) is 0. The van der Waals surface area contributed by atoms with Gasteiger partial charge in [0.2, 0.25) is 0 Å². The summed E-state index contributed by atoms with van der Waals surface area (Å²) in [6, 6.07) is 0. The number of hydrogen-bond acceptors (Lipinski definition) is 1. The Morgan fingerprint density at radius 2 is 0.455 bits per heavy atom. The van der Waals surface area contributed by atoms with Crippen LogP contribution in [0.1, 0.15) is 0 Å². The average molecular weight is 165 g/mol. The van der Waals surface area contributed by atoms with Gasteiger partial charge in [-0.2, -0.15) is 0 Å². The summed E-state index contributed by atoms with van der Waals surface area (Å²) in [5.74, 6) is 0. The molecule has 0 fully saturated rings. The van der Waals surface area contributed by atoms with Crippen molar-refractivity contribution in [3.05, 3.63) is 0 Å². The van der Waals surface area contributed by atoms with Crippen molar-refractivity contribution in [2.45, 2.75) is 0 Å². The fourth-order valence-corrected chi connectivity index (χ4v) is 0. The van der Waals surface area contributed by atoms with E-state index in [1.807, 2.05) is 0 Å². The lowest BCUT2D eigenvalue weighted by Gasteiger charge is -2.14. The van der Waals surface area contributed by atoms with Gasteiger partial charge in [0, 0.05) is 0 Å². The van der Waals surface area contributed by atoms with Gasteiger partial charge < -0.3 is 15.1 Å². The Bertz CT molecular complexity index is 52.3. The molecular formula is C8H27N3+2. The molecule has 3 heteroatoms. The van der Waals surface area contributed by atoms with E-state index >= 15 is 0 Å². The van der Waals surface area contributed by atoms with Crippen LogP contribution in [0, 0.1) is 0 Å². The lowest BCUT2D eigenvalue weighted by molar-refractivity contribution is -0.849. The van der Waals surface area contributed by atoms with Crippen molar-refractivity contribution in [2.75, 3.05) is 56.4 Å². The van der Waals surface area contributed by atoms with Gasteiger partial charge in [0.05, 0.1) is 56.4 Å². The monoisotopic (exact) mass is 165 g/mol. The molecular weight excluding hydrogens is 138 g/mol. The van der Waals surface area contributed by atoms with E-state index < -0.39 is 0 Å². The maximum Gasteiger partial charge on any atom is 0.0675 e. The standard InChI is InChI=1S/2C4H12N.H3N/c2*1-5(2,3)4;/h2*1-4H3;1H3/q2*+1;. The second-order valence-electron chi connectivity index (χ2n) is 5.37. The van der Waals surface area contributed by atoms with Crippen LogP contribution < -0.4 is 6.15 Å². The van der Waals surface area contributed by atoms with Gasteiger partial charge in [0.25, 0.3) is 0 Å². The van der Waals surface area contributed by atoms with Crippen LogP contribution in [-0.4, -0.2) is 65.3 Å². The third kappa shape index (κ3) is 42600. The minimum atomic E-state index is 0. The molecule has 72 valence electrons. The smallest absolute Gasteiger partial charge is 0.0675 e. The summed E-state index contributed by atoms with van der Waals surface area (Å²) in [6.45, 7) is 0. The number of quaternary nitrogens is 2. The van der Waals surface area contributed by atoms with Crippen LogP contribution in [0.15, 0.2) is 0 Å². The van der Waals surface area contributed by atoms with Crippen LogP contribution in [0.4, 0.5) is 0 Å². The van der Waals surface area contributed by atoms with Gasteiger partial charge >= 0.3 is 0 Å². The minimum Gasteiger partial charge on any atom is -0.344 e. The summed E-state index contributed by atoms with van der Waals surface area (Å²) in [5, 5.41) is 0. The molecule has 0 bridgehead atoms. The minimum absolute atomic E-state index is 0. The van der Waals surface area contributed by atoms with Gasteiger partial charge in [-0.3, -0.25) is 0 Å². The van der Waals surface area contributed by atoms with E-state index in [1.54, 1.807) is 0 Å². The lowest BCUT2D eigenvalue weighted by Crippen LogP contribution is -2.27. The first-order chi connectivity index (χ1) is 4.00. The Hall–Kier alpha value is -0.120. The highest BCUT2D eigenvalue weighted by atomic mass is 15.2. The molecule has 0 radical (unpaired) electrons. The molecule has 0 spiro atoms. The highest BCUT2D eigenvalue weighted by molar-refractivity contribution is 3.87. The van der Waals surface area contributed by atoms with Crippen molar-refractivity contribution in [2.24, 2.45) is 0 Å². The van der Waals surface area contributed by atoms with E-state index in [0.29, 0.717) is 0 Å². The Kier molecular flexibility index (Phi) is 8.58. The normalized spacial score (nSPS) is 10.9. The molecule has 0 saturated carbocycles. The molecule has 0 aromatic rings. The van der Waals surface area contributed by atoms with Gasteiger partial charge in [-0.05, 0) is 0 Å². The molecule has 0 unspecified atom stereocenters. The van der Waals surface area contributed by atoms with E-state index in [9.17, 15) is 0 Å². The first-order valence-corrected chi connectivity index (χ1v) is 3.58. The summed E-state index contributed by atoms with van der Waals surface area (Å²) in [5.41, 5.74) is 0. The molecule has 0 aliphatic rings. The van der Waals surface area contributed by atoms with Gasteiger partial charge in [0.15, 0.2) is 0 Å². The second-order valence-corrected chi connectivity index (χ2v) is 5.37. The summed E-state index contributed by atoms with van der Waals surface area (Å²) < 4.78 is 2.00. The van der Waals surface area contributed by atoms with Gasteiger partial charge in [-0.15, -0.1) is 0 Å². The topological polar surface area (TPSA) is 35.0 Å². The van der Waals surface area contributed by atoms with E-state index in [0.717, 1.165) is 8.97 Å². The predicted molar refractivity (Wildman–Crippen MR) is 52.9 cm³/mol. The number of hydrogen-bond donors (Lipinski definition) is 1. The van der Waals surface area contributed by atoms with Crippen molar-refractivity contribution in [1.82, 2.24) is 6.15 Å². The molecule has 0 aromatic heterocycles. The number of rotatable bonds is 0. The van der Waals surface area contributed by atoms with Gasteiger partial charge in [-0.25, -0.2) is 0 Å². The van der Waals surface area contributed by atoms with E-state index in [4.69, 9.17) is 0 Å². The molecule has 0 atom stereocenters. The zero-order chi connectivity index (χ0) is 9.00. The molecule has 0 rings (SSSR count). The van der Waals surface area contributed by atoms with E-state index in [2.05, 4.69) is 56.4 Å². The third-order valence-electron chi connectivity index (χ3n) is 0. The van der Waals surface area contributed by atoms with Crippen LogP contribution in [-0.2, 0) is 0 Å². The zero-order valence-corrected chi connectivity index (χ0v) is 9.60. The van der Waals surface area contributed by atoms with Crippen molar-refractivity contribution in [1.29, 1.82) is 0 Å². The highest BCUT2D eigenvalue weighted by Gasteiger charge is 1.88. The molecule has 0 heterocycles. The van der Waals surface area contributed by atoms with Crippen molar-refractivity contribution >= 4 is 0 Å². The van der Waals surface area contributed by atoms with Crippen LogP contribution in [0.2, 0.25) is 0 Å². The average Bonchev–Trinajstić information content (AvgIpc) is 1.12. The van der Waals surface area contributed by atoms with Crippen LogP contribution in [0.5, 0.6) is 0 Å².